The fraction of sp³-hybridized carbons (Fsp3) is 0.333. The lowest BCUT2D eigenvalue weighted by Gasteiger charge is -2.07. The van der Waals surface area contributed by atoms with Gasteiger partial charge in [0.1, 0.15) is 5.69 Å². The van der Waals surface area contributed by atoms with Gasteiger partial charge in [0.15, 0.2) is 11.5 Å². The van der Waals surface area contributed by atoms with Gasteiger partial charge in [-0.25, -0.2) is 9.50 Å². The Bertz CT molecular complexity index is 870. The molecule has 116 valence electrons. The molecule has 10 heteroatoms. The van der Waals surface area contributed by atoms with Crippen LogP contribution < -0.4 is 10.1 Å². The van der Waals surface area contributed by atoms with Crippen LogP contribution in [-0.2, 0) is 17.8 Å². The van der Waals surface area contributed by atoms with E-state index < -0.39 is 10.8 Å². The molecule has 0 aliphatic rings. The number of fused-ring (bicyclic) bond motifs is 1. The molecule has 1 atom stereocenters. The minimum atomic E-state index is -1.31. The molecule has 3 aromatic heterocycles. The van der Waals surface area contributed by atoms with Crippen LogP contribution in [0.4, 0.5) is 11.5 Å². The molecule has 9 nitrogen and oxygen atoms in total. The summed E-state index contributed by atoms with van der Waals surface area (Å²) in [5.41, 5.74) is 2.00. The molecule has 0 spiro atoms. The molecule has 0 aromatic carbocycles. The summed E-state index contributed by atoms with van der Waals surface area (Å²) in [5.74, 6) is 0.876. The monoisotopic (exact) mass is 321 g/mol. The van der Waals surface area contributed by atoms with Crippen molar-refractivity contribution in [3.8, 4) is 5.88 Å². The molecule has 22 heavy (non-hydrogen) atoms. The molecule has 0 bridgehead atoms. The van der Waals surface area contributed by atoms with E-state index in [9.17, 15) is 4.21 Å². The summed E-state index contributed by atoms with van der Waals surface area (Å²) in [6.45, 7) is 1.86. The minimum absolute atomic E-state index is 0.221. The molecule has 0 amide bonds. The Kier molecular flexibility index (Phi) is 3.53. The van der Waals surface area contributed by atoms with Crippen LogP contribution in [-0.4, -0.2) is 46.9 Å². The third-order valence-corrected chi connectivity index (χ3v) is 3.70. The van der Waals surface area contributed by atoms with Crippen LogP contribution >= 0.6 is 0 Å². The van der Waals surface area contributed by atoms with Gasteiger partial charge < -0.3 is 10.1 Å². The Morgan fingerprint density at radius 3 is 2.82 bits per heavy atom. The summed E-state index contributed by atoms with van der Waals surface area (Å²) < 4.78 is 20.2. The first-order valence-corrected chi connectivity index (χ1v) is 7.96. The predicted octanol–water partition coefficient (Wildman–Crippen LogP) is 0.656. The SMILES string of the molecule is COc1nn(C)cc1Nc1nc(S(C)=O)nn2c(C)cnc12. The molecule has 0 saturated heterocycles. The highest BCUT2D eigenvalue weighted by molar-refractivity contribution is 7.84. The second-order valence-electron chi connectivity index (χ2n) is 4.68. The second-order valence-corrected chi connectivity index (χ2v) is 5.96. The molecule has 3 rings (SSSR count). The van der Waals surface area contributed by atoms with E-state index in [4.69, 9.17) is 4.74 Å². The zero-order valence-corrected chi connectivity index (χ0v) is 13.4. The highest BCUT2D eigenvalue weighted by Gasteiger charge is 2.16. The molecule has 1 unspecified atom stereocenters. The van der Waals surface area contributed by atoms with Crippen molar-refractivity contribution in [3.63, 3.8) is 0 Å². The van der Waals surface area contributed by atoms with Gasteiger partial charge in [-0.2, -0.15) is 4.98 Å². The first-order valence-electron chi connectivity index (χ1n) is 6.40. The first-order chi connectivity index (χ1) is 10.5. The predicted molar refractivity (Wildman–Crippen MR) is 80.9 cm³/mol. The lowest BCUT2D eigenvalue weighted by atomic mass is 10.5. The summed E-state index contributed by atoms with van der Waals surface area (Å²) >= 11 is 0. The van der Waals surface area contributed by atoms with Gasteiger partial charge in [0.05, 0.1) is 36.0 Å². The van der Waals surface area contributed by atoms with Crippen molar-refractivity contribution in [3.05, 3.63) is 18.1 Å². The smallest absolute Gasteiger partial charge is 0.256 e. The molecule has 0 radical (unpaired) electrons. The van der Waals surface area contributed by atoms with Gasteiger partial charge in [-0.05, 0) is 6.92 Å². The molecule has 0 fully saturated rings. The third kappa shape index (κ3) is 2.41. The van der Waals surface area contributed by atoms with E-state index in [1.165, 1.54) is 13.4 Å². The molecule has 3 aromatic rings. The summed E-state index contributed by atoms with van der Waals surface area (Å²) in [6.07, 6.45) is 4.97. The maximum atomic E-state index is 11.7. The quantitative estimate of drug-likeness (QED) is 0.753. The van der Waals surface area contributed by atoms with Gasteiger partial charge in [-0.15, -0.1) is 10.2 Å². The number of rotatable bonds is 4. The van der Waals surface area contributed by atoms with E-state index >= 15 is 0 Å². The van der Waals surface area contributed by atoms with Crippen molar-refractivity contribution in [2.75, 3.05) is 18.7 Å². The van der Waals surface area contributed by atoms with Crippen LogP contribution in [0.2, 0.25) is 0 Å². The van der Waals surface area contributed by atoms with E-state index in [-0.39, 0.29) is 5.16 Å². The van der Waals surface area contributed by atoms with E-state index in [0.717, 1.165) is 5.69 Å². The third-order valence-electron chi connectivity index (χ3n) is 3.01. The van der Waals surface area contributed by atoms with Gasteiger partial charge in [0.25, 0.3) is 5.88 Å². The van der Waals surface area contributed by atoms with Crippen LogP contribution in [0, 0.1) is 6.92 Å². The number of imidazole rings is 1. The van der Waals surface area contributed by atoms with Gasteiger partial charge >= 0.3 is 0 Å². The van der Waals surface area contributed by atoms with Crippen LogP contribution in [0.15, 0.2) is 17.6 Å². The van der Waals surface area contributed by atoms with Gasteiger partial charge in [0, 0.05) is 13.3 Å². The number of nitrogens with one attached hydrogen (secondary N) is 1. The van der Waals surface area contributed by atoms with Gasteiger partial charge in [-0.1, -0.05) is 0 Å². The number of aryl methyl sites for hydroxylation is 2. The van der Waals surface area contributed by atoms with E-state index in [0.29, 0.717) is 23.0 Å². The Morgan fingerprint density at radius 1 is 1.36 bits per heavy atom. The Morgan fingerprint density at radius 2 is 2.14 bits per heavy atom. The Labute approximate surface area is 128 Å². The van der Waals surface area contributed by atoms with Crippen molar-refractivity contribution in [1.82, 2.24) is 29.4 Å². The normalized spacial score (nSPS) is 12.5. The van der Waals surface area contributed by atoms with E-state index in [2.05, 4.69) is 25.5 Å². The summed E-state index contributed by atoms with van der Waals surface area (Å²) in [5, 5.41) is 11.7. The van der Waals surface area contributed by atoms with Crippen molar-refractivity contribution in [2.45, 2.75) is 12.1 Å². The maximum absolute atomic E-state index is 11.7. The molecule has 0 saturated carbocycles. The lowest BCUT2D eigenvalue weighted by Crippen LogP contribution is -2.08. The maximum Gasteiger partial charge on any atom is 0.256 e. The Hall–Kier alpha value is -2.49. The zero-order valence-electron chi connectivity index (χ0n) is 12.6. The van der Waals surface area contributed by atoms with Crippen LogP contribution in [0.3, 0.4) is 0 Å². The van der Waals surface area contributed by atoms with Crippen LogP contribution in [0.1, 0.15) is 5.69 Å². The van der Waals surface area contributed by atoms with Crippen LogP contribution in [0.5, 0.6) is 5.88 Å². The number of aromatic nitrogens is 6. The minimum Gasteiger partial charge on any atom is -0.478 e. The average Bonchev–Trinajstić information content (AvgIpc) is 3.02. The molecule has 3 heterocycles. The van der Waals surface area contributed by atoms with Crippen molar-refractivity contribution in [2.24, 2.45) is 7.05 Å². The fourth-order valence-corrected chi connectivity index (χ4v) is 2.43. The highest BCUT2D eigenvalue weighted by atomic mass is 32.2. The number of nitrogens with zero attached hydrogens (tertiary/aromatic N) is 6. The largest absolute Gasteiger partial charge is 0.478 e. The molecular weight excluding hydrogens is 306 g/mol. The molecule has 0 aliphatic carbocycles. The molecule has 0 aliphatic heterocycles. The molecule has 1 N–H and O–H groups in total. The number of methoxy groups -OCH3 is 1. The topological polar surface area (TPSA) is 99.2 Å². The van der Waals surface area contributed by atoms with Gasteiger partial charge in [-0.3, -0.25) is 8.89 Å². The number of hydrogen-bond donors (Lipinski definition) is 1. The van der Waals surface area contributed by atoms with Gasteiger partial charge in [0.2, 0.25) is 5.16 Å². The van der Waals surface area contributed by atoms with E-state index in [1.807, 2.05) is 6.92 Å². The average molecular weight is 321 g/mol. The van der Waals surface area contributed by atoms with Crippen molar-refractivity contribution >= 4 is 28.0 Å². The summed E-state index contributed by atoms with van der Waals surface area (Å²) in [7, 11) is 2.01. The lowest BCUT2D eigenvalue weighted by molar-refractivity contribution is 0.393. The zero-order chi connectivity index (χ0) is 15.9. The summed E-state index contributed by atoms with van der Waals surface area (Å²) in [4.78, 5) is 8.58. The van der Waals surface area contributed by atoms with Crippen molar-refractivity contribution in [1.29, 1.82) is 0 Å². The van der Waals surface area contributed by atoms with Crippen LogP contribution in [0.25, 0.3) is 5.65 Å². The van der Waals surface area contributed by atoms with Crippen molar-refractivity contribution < 1.29 is 8.95 Å². The van der Waals surface area contributed by atoms with E-state index in [1.54, 1.807) is 28.6 Å². The fourth-order valence-electron chi connectivity index (χ4n) is 2.01. The molecular formula is C12H15N7O2S. The Balaban J connectivity index is 2.14. The number of ether oxygens (including phenoxy) is 1. The standard InChI is InChI=1S/C12H15N7O2S/c1-7-5-13-10-9(15-12(22(4)20)17-19(7)10)14-8-6-18(2)16-11(8)21-3/h5-6H,1-4H3,(H,14,15,17). The summed E-state index contributed by atoms with van der Waals surface area (Å²) in [6, 6.07) is 0. The second kappa shape index (κ2) is 5.37. The number of hydrogen-bond acceptors (Lipinski definition) is 7. The highest BCUT2D eigenvalue weighted by Crippen LogP contribution is 2.26. The first kappa shape index (κ1) is 14.4. The number of anilines is 2.